The fourth-order valence-corrected chi connectivity index (χ4v) is 2.66. The molecule has 0 unspecified atom stereocenters. The number of aromatic amines is 1. The summed E-state index contributed by atoms with van der Waals surface area (Å²) in [5.74, 6) is -3.73. The highest BCUT2D eigenvalue weighted by Gasteiger charge is 2.38. The van der Waals surface area contributed by atoms with Crippen LogP contribution in [0.5, 0.6) is 0 Å². The van der Waals surface area contributed by atoms with Gasteiger partial charge in [0.2, 0.25) is 0 Å². The molecule has 1 aromatic carbocycles. The SMILES string of the molecule is CN(C)CCN(C)c1ccc(-c2cc3cc(C(=O)O)cnc3[nH]2)cc1.O=C(O)C(F)(F)F. The Bertz CT molecular complexity index is 1080. The van der Waals surface area contributed by atoms with E-state index in [2.05, 4.69) is 65.2 Å². The summed E-state index contributed by atoms with van der Waals surface area (Å²) in [6.45, 7) is 1.96. The zero-order valence-electron chi connectivity index (χ0n) is 17.6. The minimum Gasteiger partial charge on any atom is -0.478 e. The van der Waals surface area contributed by atoms with E-state index in [4.69, 9.17) is 15.0 Å². The van der Waals surface area contributed by atoms with Crippen molar-refractivity contribution in [2.24, 2.45) is 0 Å². The number of rotatable bonds is 6. The summed E-state index contributed by atoms with van der Waals surface area (Å²) in [6, 6.07) is 11.9. The fourth-order valence-electron chi connectivity index (χ4n) is 2.66. The van der Waals surface area contributed by atoms with Gasteiger partial charge in [-0.15, -0.1) is 0 Å². The third kappa shape index (κ3) is 6.71. The Kier molecular flexibility index (Phi) is 7.82. The van der Waals surface area contributed by atoms with Gasteiger partial charge in [0.1, 0.15) is 5.65 Å². The van der Waals surface area contributed by atoms with Crippen LogP contribution in [-0.2, 0) is 4.79 Å². The van der Waals surface area contributed by atoms with E-state index in [1.807, 2.05) is 6.07 Å². The summed E-state index contributed by atoms with van der Waals surface area (Å²) >= 11 is 0. The monoisotopic (exact) mass is 452 g/mol. The molecule has 0 saturated carbocycles. The van der Waals surface area contributed by atoms with Crippen LogP contribution in [0.25, 0.3) is 22.3 Å². The van der Waals surface area contributed by atoms with Gasteiger partial charge in [0, 0.05) is 43.1 Å². The van der Waals surface area contributed by atoms with Crippen LogP contribution in [0.3, 0.4) is 0 Å². The number of alkyl halides is 3. The number of fused-ring (bicyclic) bond motifs is 1. The molecule has 0 aliphatic carbocycles. The van der Waals surface area contributed by atoms with Gasteiger partial charge in [-0.3, -0.25) is 0 Å². The molecule has 2 heterocycles. The highest BCUT2D eigenvalue weighted by molar-refractivity contribution is 5.93. The molecular formula is C21H23F3N4O4. The number of halogens is 3. The van der Waals surface area contributed by atoms with Gasteiger partial charge in [-0.25, -0.2) is 14.6 Å². The number of carboxylic acids is 2. The van der Waals surface area contributed by atoms with Gasteiger partial charge >= 0.3 is 18.1 Å². The number of pyridine rings is 1. The number of hydrogen-bond donors (Lipinski definition) is 3. The molecular weight excluding hydrogens is 429 g/mol. The molecule has 0 amide bonds. The van der Waals surface area contributed by atoms with E-state index in [1.54, 1.807) is 6.07 Å². The van der Waals surface area contributed by atoms with Crippen molar-refractivity contribution in [1.29, 1.82) is 0 Å². The molecule has 2 aromatic heterocycles. The van der Waals surface area contributed by atoms with E-state index < -0.39 is 18.1 Å². The number of benzene rings is 1. The molecule has 0 spiro atoms. The molecule has 3 N–H and O–H groups in total. The van der Waals surface area contributed by atoms with Crippen molar-refractivity contribution in [3.8, 4) is 11.3 Å². The van der Waals surface area contributed by atoms with E-state index >= 15 is 0 Å². The summed E-state index contributed by atoms with van der Waals surface area (Å²) < 4.78 is 31.7. The molecule has 0 saturated heterocycles. The van der Waals surface area contributed by atoms with Crippen molar-refractivity contribution in [1.82, 2.24) is 14.9 Å². The van der Waals surface area contributed by atoms with Crippen LogP contribution in [0.4, 0.5) is 18.9 Å². The van der Waals surface area contributed by atoms with Crippen LogP contribution in [-0.4, -0.2) is 77.4 Å². The lowest BCUT2D eigenvalue weighted by Crippen LogP contribution is -2.28. The second-order valence-corrected chi connectivity index (χ2v) is 7.22. The van der Waals surface area contributed by atoms with Crippen LogP contribution in [0.1, 0.15) is 10.4 Å². The number of carboxylic acid groups (broad SMARTS) is 2. The molecule has 0 aliphatic rings. The molecule has 3 rings (SSSR count). The molecule has 0 radical (unpaired) electrons. The van der Waals surface area contributed by atoms with Gasteiger partial charge in [-0.1, -0.05) is 12.1 Å². The quantitative estimate of drug-likeness (QED) is 0.525. The van der Waals surface area contributed by atoms with E-state index in [1.165, 1.54) is 6.20 Å². The summed E-state index contributed by atoms with van der Waals surface area (Å²) in [4.78, 5) is 31.8. The molecule has 3 aromatic rings. The summed E-state index contributed by atoms with van der Waals surface area (Å²) in [6.07, 6.45) is -3.71. The van der Waals surface area contributed by atoms with Crippen molar-refractivity contribution in [3.63, 3.8) is 0 Å². The number of nitrogens with zero attached hydrogens (tertiary/aromatic N) is 3. The molecule has 11 heteroatoms. The number of hydrogen-bond acceptors (Lipinski definition) is 5. The van der Waals surface area contributed by atoms with Crippen LogP contribution in [0, 0.1) is 0 Å². The smallest absolute Gasteiger partial charge is 0.478 e. The number of nitrogens with one attached hydrogen (secondary N) is 1. The summed E-state index contributed by atoms with van der Waals surface area (Å²) in [5, 5.41) is 17.0. The van der Waals surface area contributed by atoms with E-state index in [9.17, 15) is 18.0 Å². The number of aromatic carboxylic acids is 1. The number of H-pyrrole nitrogens is 1. The third-order valence-corrected chi connectivity index (χ3v) is 4.46. The minimum atomic E-state index is -5.08. The maximum absolute atomic E-state index is 11.1. The Labute approximate surface area is 181 Å². The standard InChI is InChI=1S/C19H22N4O2.C2HF3O2/c1-22(2)8-9-23(3)16-6-4-13(5-7-16)17-11-14-10-15(19(24)25)12-20-18(14)21-17;3-2(4,5)1(6)7/h4-7,10-12H,8-9H2,1-3H3,(H,20,21)(H,24,25);(H,6,7). The maximum atomic E-state index is 11.1. The number of aliphatic carboxylic acids is 1. The summed E-state index contributed by atoms with van der Waals surface area (Å²) in [7, 11) is 6.21. The van der Waals surface area contributed by atoms with E-state index in [-0.39, 0.29) is 5.56 Å². The lowest BCUT2D eigenvalue weighted by Gasteiger charge is -2.21. The van der Waals surface area contributed by atoms with Gasteiger partial charge in [-0.05, 0) is 43.9 Å². The molecule has 172 valence electrons. The Morgan fingerprint density at radius 2 is 1.62 bits per heavy atom. The average molecular weight is 452 g/mol. The highest BCUT2D eigenvalue weighted by atomic mass is 19.4. The van der Waals surface area contributed by atoms with Crippen LogP contribution >= 0.6 is 0 Å². The Morgan fingerprint density at radius 3 is 2.12 bits per heavy atom. The molecule has 0 bridgehead atoms. The van der Waals surface area contributed by atoms with Crippen LogP contribution in [0.15, 0.2) is 42.6 Å². The topological polar surface area (TPSA) is 110 Å². The van der Waals surface area contributed by atoms with Gasteiger partial charge in [0.05, 0.1) is 5.56 Å². The molecule has 0 aliphatic heterocycles. The second kappa shape index (κ2) is 10.1. The first-order valence-electron chi connectivity index (χ1n) is 9.37. The first kappa shape index (κ1) is 24.7. The Morgan fingerprint density at radius 1 is 1.03 bits per heavy atom. The van der Waals surface area contributed by atoms with E-state index in [0.29, 0.717) is 5.65 Å². The summed E-state index contributed by atoms with van der Waals surface area (Å²) in [5.41, 5.74) is 4.00. The first-order chi connectivity index (χ1) is 14.9. The predicted molar refractivity (Wildman–Crippen MR) is 114 cm³/mol. The van der Waals surface area contributed by atoms with Crippen molar-refractivity contribution >= 4 is 28.7 Å². The number of likely N-dealkylation sites (N-methyl/N-ethyl adjacent to an activating group) is 2. The number of carbonyl (C=O) groups is 2. The fraction of sp³-hybridized carbons (Fsp3) is 0.286. The Hall–Kier alpha value is -3.60. The molecule has 8 nitrogen and oxygen atoms in total. The van der Waals surface area contributed by atoms with Gasteiger partial charge < -0.3 is 25.0 Å². The lowest BCUT2D eigenvalue weighted by molar-refractivity contribution is -0.192. The van der Waals surface area contributed by atoms with Crippen LogP contribution in [0.2, 0.25) is 0 Å². The third-order valence-electron chi connectivity index (χ3n) is 4.46. The highest BCUT2D eigenvalue weighted by Crippen LogP contribution is 2.25. The van der Waals surface area contributed by atoms with Crippen molar-refractivity contribution in [3.05, 3.63) is 48.2 Å². The second-order valence-electron chi connectivity index (χ2n) is 7.22. The zero-order chi connectivity index (χ0) is 24.1. The first-order valence-corrected chi connectivity index (χ1v) is 9.37. The Balaban J connectivity index is 0.000000451. The molecule has 0 fully saturated rings. The van der Waals surface area contributed by atoms with Crippen LogP contribution < -0.4 is 4.90 Å². The van der Waals surface area contributed by atoms with Gasteiger partial charge in [0.25, 0.3) is 0 Å². The lowest BCUT2D eigenvalue weighted by atomic mass is 10.1. The predicted octanol–water partition coefficient (Wildman–Crippen LogP) is 3.56. The largest absolute Gasteiger partial charge is 0.490 e. The van der Waals surface area contributed by atoms with Gasteiger partial charge in [-0.2, -0.15) is 13.2 Å². The van der Waals surface area contributed by atoms with Crippen molar-refractivity contribution in [2.75, 3.05) is 39.1 Å². The van der Waals surface area contributed by atoms with Gasteiger partial charge in [0.15, 0.2) is 0 Å². The van der Waals surface area contributed by atoms with E-state index in [0.717, 1.165) is 35.4 Å². The molecule has 32 heavy (non-hydrogen) atoms. The molecule has 0 atom stereocenters. The average Bonchev–Trinajstić information content (AvgIpc) is 3.15. The normalized spacial score (nSPS) is 11.2. The van der Waals surface area contributed by atoms with Crippen molar-refractivity contribution in [2.45, 2.75) is 6.18 Å². The number of aromatic nitrogens is 2. The van der Waals surface area contributed by atoms with Crippen molar-refractivity contribution < 1.29 is 33.0 Å². The minimum absolute atomic E-state index is 0.191. The zero-order valence-corrected chi connectivity index (χ0v) is 17.6. The number of anilines is 1. The maximum Gasteiger partial charge on any atom is 0.490 e.